The van der Waals surface area contributed by atoms with E-state index in [-0.39, 0.29) is 0 Å². The molecule has 1 saturated heterocycles. The average Bonchev–Trinajstić information content (AvgIpc) is 2.72. The second kappa shape index (κ2) is 5.96. The largest absolute Gasteiger partial charge is 0.305 e. The summed E-state index contributed by atoms with van der Waals surface area (Å²) in [6, 6.07) is 0.699. The summed E-state index contributed by atoms with van der Waals surface area (Å²) in [7, 11) is 4.43. The van der Waals surface area contributed by atoms with Gasteiger partial charge in [0, 0.05) is 24.9 Å². The highest BCUT2D eigenvalue weighted by atomic mass is 16.1. The van der Waals surface area contributed by atoms with Gasteiger partial charge in [-0.1, -0.05) is 0 Å². The van der Waals surface area contributed by atoms with Crippen LogP contribution in [-0.4, -0.2) is 55.4 Å². The zero-order valence-corrected chi connectivity index (χ0v) is 11.3. The van der Waals surface area contributed by atoms with Gasteiger partial charge in [-0.2, -0.15) is 0 Å². The quantitative estimate of drug-likeness (QED) is 0.746. The van der Waals surface area contributed by atoms with Crippen LogP contribution >= 0.6 is 0 Å². The average molecular weight is 238 g/mol. The number of likely N-dealkylation sites (tertiary alicyclic amines) is 1. The molecule has 0 radical (unpaired) electrons. The Bertz CT molecular complexity index is 267. The third kappa shape index (κ3) is 3.52. The molecule has 2 unspecified atom stereocenters. The molecule has 1 aliphatic carbocycles. The normalized spacial score (nSPS) is 31.4. The third-order valence-corrected chi connectivity index (χ3v) is 4.48. The van der Waals surface area contributed by atoms with Crippen LogP contribution in [0.1, 0.15) is 38.5 Å². The molecule has 0 spiro atoms. The molecule has 0 aromatic rings. The van der Waals surface area contributed by atoms with Crippen molar-refractivity contribution in [2.75, 3.05) is 33.7 Å². The smallest absolute Gasteiger partial charge is 0.136 e. The number of rotatable bonds is 4. The van der Waals surface area contributed by atoms with E-state index in [4.69, 9.17) is 0 Å². The van der Waals surface area contributed by atoms with E-state index in [0.717, 1.165) is 32.2 Å². The molecule has 3 heteroatoms. The lowest BCUT2D eigenvalue weighted by Gasteiger charge is -2.36. The van der Waals surface area contributed by atoms with Crippen LogP contribution in [-0.2, 0) is 4.79 Å². The molecule has 0 aromatic carbocycles. The lowest BCUT2D eigenvalue weighted by atomic mass is 10.0. The van der Waals surface area contributed by atoms with Crippen molar-refractivity contribution in [1.29, 1.82) is 0 Å². The Morgan fingerprint density at radius 1 is 1.35 bits per heavy atom. The zero-order chi connectivity index (χ0) is 12.3. The summed E-state index contributed by atoms with van der Waals surface area (Å²) in [5.41, 5.74) is 0. The van der Waals surface area contributed by atoms with Gasteiger partial charge in [0.15, 0.2) is 0 Å². The Labute approximate surface area is 105 Å². The van der Waals surface area contributed by atoms with E-state index in [1.54, 1.807) is 0 Å². The first-order valence-corrected chi connectivity index (χ1v) is 7.08. The summed E-state index contributed by atoms with van der Waals surface area (Å²) >= 11 is 0. The molecule has 1 saturated carbocycles. The highest BCUT2D eigenvalue weighted by Gasteiger charge is 2.26. The first kappa shape index (κ1) is 13.0. The van der Waals surface area contributed by atoms with Crippen LogP contribution in [0.5, 0.6) is 0 Å². The van der Waals surface area contributed by atoms with Crippen LogP contribution in [0.15, 0.2) is 0 Å². The fourth-order valence-electron chi connectivity index (χ4n) is 3.23. The molecule has 0 N–H and O–H groups in total. The summed E-state index contributed by atoms with van der Waals surface area (Å²) in [6.07, 6.45) is 6.81. The summed E-state index contributed by atoms with van der Waals surface area (Å²) in [5, 5.41) is 0. The Hall–Kier alpha value is -0.410. The van der Waals surface area contributed by atoms with E-state index in [1.165, 1.54) is 25.9 Å². The molecule has 2 fully saturated rings. The number of nitrogens with zero attached hydrogens (tertiary/aromatic N) is 2. The van der Waals surface area contributed by atoms with E-state index < -0.39 is 0 Å². The van der Waals surface area contributed by atoms with Gasteiger partial charge in [-0.3, -0.25) is 4.79 Å². The molecule has 17 heavy (non-hydrogen) atoms. The minimum Gasteiger partial charge on any atom is -0.305 e. The van der Waals surface area contributed by atoms with Crippen molar-refractivity contribution in [3.05, 3.63) is 0 Å². The number of hydrogen-bond donors (Lipinski definition) is 0. The van der Waals surface area contributed by atoms with Crippen LogP contribution in [0, 0.1) is 5.92 Å². The number of hydrogen-bond acceptors (Lipinski definition) is 3. The lowest BCUT2D eigenvalue weighted by molar-refractivity contribution is -0.120. The monoisotopic (exact) mass is 238 g/mol. The predicted molar refractivity (Wildman–Crippen MR) is 70.1 cm³/mol. The number of carbonyl (C=O) groups excluding carboxylic acids is 1. The van der Waals surface area contributed by atoms with Gasteiger partial charge in [0.05, 0.1) is 0 Å². The molecule has 0 bridgehead atoms. The highest BCUT2D eigenvalue weighted by molar-refractivity contribution is 5.82. The van der Waals surface area contributed by atoms with Crippen molar-refractivity contribution < 1.29 is 4.79 Å². The Morgan fingerprint density at radius 2 is 2.18 bits per heavy atom. The first-order chi connectivity index (χ1) is 8.16. The van der Waals surface area contributed by atoms with Gasteiger partial charge >= 0.3 is 0 Å². The van der Waals surface area contributed by atoms with Crippen molar-refractivity contribution in [3.63, 3.8) is 0 Å². The number of carbonyl (C=O) groups is 1. The number of ketones is 1. The van der Waals surface area contributed by atoms with Gasteiger partial charge in [-0.15, -0.1) is 0 Å². The fourth-order valence-corrected chi connectivity index (χ4v) is 3.23. The van der Waals surface area contributed by atoms with Crippen LogP contribution in [0.4, 0.5) is 0 Å². The van der Waals surface area contributed by atoms with Gasteiger partial charge in [0.1, 0.15) is 5.78 Å². The minimum absolute atomic E-state index is 0.374. The van der Waals surface area contributed by atoms with Crippen molar-refractivity contribution >= 4 is 5.78 Å². The van der Waals surface area contributed by atoms with Crippen LogP contribution < -0.4 is 0 Å². The molecule has 0 amide bonds. The second-order valence-electron chi connectivity index (χ2n) is 5.88. The maximum absolute atomic E-state index is 11.6. The Balaban J connectivity index is 1.72. The number of piperidine rings is 1. The Morgan fingerprint density at radius 3 is 2.82 bits per heavy atom. The van der Waals surface area contributed by atoms with E-state index in [1.807, 2.05) is 0 Å². The summed E-state index contributed by atoms with van der Waals surface area (Å²) in [6.45, 7) is 3.52. The molecule has 0 aromatic heterocycles. The standard InChI is InChI=1S/C14H26N2O/c1-15-9-4-6-13(11-15)16(2)10-8-12-5-3-7-14(12)17/h12-13H,3-11H2,1-2H3. The molecular weight excluding hydrogens is 212 g/mol. The second-order valence-corrected chi connectivity index (χ2v) is 5.88. The number of likely N-dealkylation sites (N-methyl/N-ethyl adjacent to an activating group) is 2. The molecule has 2 aliphatic rings. The van der Waals surface area contributed by atoms with E-state index in [9.17, 15) is 4.79 Å². The van der Waals surface area contributed by atoms with Crippen molar-refractivity contribution in [3.8, 4) is 0 Å². The van der Waals surface area contributed by atoms with Gasteiger partial charge < -0.3 is 9.80 Å². The van der Waals surface area contributed by atoms with Crippen LogP contribution in [0.2, 0.25) is 0 Å². The molecule has 2 rings (SSSR count). The van der Waals surface area contributed by atoms with Gasteiger partial charge in [0.2, 0.25) is 0 Å². The lowest BCUT2D eigenvalue weighted by Crippen LogP contribution is -2.45. The Kier molecular flexibility index (Phi) is 4.57. The van der Waals surface area contributed by atoms with Gasteiger partial charge in [-0.25, -0.2) is 0 Å². The fraction of sp³-hybridized carbons (Fsp3) is 0.929. The van der Waals surface area contributed by atoms with E-state index in [2.05, 4.69) is 23.9 Å². The maximum atomic E-state index is 11.6. The van der Waals surface area contributed by atoms with Crippen molar-refractivity contribution in [2.24, 2.45) is 5.92 Å². The van der Waals surface area contributed by atoms with Gasteiger partial charge in [-0.05, 0) is 59.3 Å². The zero-order valence-electron chi connectivity index (χ0n) is 11.3. The third-order valence-electron chi connectivity index (χ3n) is 4.48. The number of Topliss-reactive ketones (excluding diaryl/α,β-unsaturated/α-hetero) is 1. The summed E-state index contributed by atoms with van der Waals surface area (Å²) in [5.74, 6) is 0.887. The van der Waals surface area contributed by atoms with Crippen LogP contribution in [0.3, 0.4) is 0 Å². The van der Waals surface area contributed by atoms with E-state index in [0.29, 0.717) is 17.7 Å². The SMILES string of the molecule is CN1CCCC(N(C)CCC2CCCC2=O)C1. The van der Waals surface area contributed by atoms with E-state index >= 15 is 0 Å². The topological polar surface area (TPSA) is 23.6 Å². The first-order valence-electron chi connectivity index (χ1n) is 7.08. The molecule has 2 atom stereocenters. The maximum Gasteiger partial charge on any atom is 0.136 e. The van der Waals surface area contributed by atoms with Crippen LogP contribution in [0.25, 0.3) is 0 Å². The molecule has 3 nitrogen and oxygen atoms in total. The molecule has 98 valence electrons. The summed E-state index contributed by atoms with van der Waals surface area (Å²) < 4.78 is 0. The minimum atomic E-state index is 0.374. The summed E-state index contributed by atoms with van der Waals surface area (Å²) in [4.78, 5) is 16.5. The van der Waals surface area contributed by atoms with Crippen molar-refractivity contribution in [1.82, 2.24) is 9.80 Å². The highest BCUT2D eigenvalue weighted by Crippen LogP contribution is 2.25. The predicted octanol–water partition coefficient (Wildman–Crippen LogP) is 1.77. The molecule has 1 heterocycles. The van der Waals surface area contributed by atoms with Crippen molar-refractivity contribution in [2.45, 2.75) is 44.6 Å². The molecule has 1 aliphatic heterocycles. The van der Waals surface area contributed by atoms with Gasteiger partial charge in [0.25, 0.3) is 0 Å². The molecular formula is C14H26N2O.